The molecule has 2 aromatic carbocycles. The average molecular weight is 570 g/mol. The molecule has 3 aromatic rings. The van der Waals surface area contributed by atoms with Crippen LogP contribution in [0.15, 0.2) is 60.7 Å². The van der Waals surface area contributed by atoms with Crippen LogP contribution in [0.4, 0.5) is 13.2 Å². The number of ether oxygens (including phenoxy) is 2. The van der Waals surface area contributed by atoms with E-state index in [1.165, 1.54) is 4.90 Å². The van der Waals surface area contributed by atoms with Crippen molar-refractivity contribution in [3.05, 3.63) is 72.2 Å². The Morgan fingerprint density at radius 3 is 2.20 bits per heavy atom. The van der Waals surface area contributed by atoms with Gasteiger partial charge in [-0.1, -0.05) is 0 Å². The molecule has 216 valence electrons. The quantitative estimate of drug-likeness (QED) is 0.394. The van der Waals surface area contributed by atoms with Crippen LogP contribution >= 0.6 is 0 Å². The maximum atomic E-state index is 12.6. The van der Waals surface area contributed by atoms with E-state index in [2.05, 4.69) is 5.43 Å². The molecular weight excluding hydrogens is 539 g/mol. The number of halogens is 3. The molecule has 12 heteroatoms. The zero-order valence-corrected chi connectivity index (χ0v) is 22.4. The maximum Gasteiger partial charge on any atom is 0.409 e. The van der Waals surface area contributed by atoms with Gasteiger partial charge in [0.1, 0.15) is 28.8 Å². The van der Waals surface area contributed by atoms with E-state index in [9.17, 15) is 22.8 Å². The van der Waals surface area contributed by atoms with Gasteiger partial charge in [0.25, 0.3) is 5.91 Å². The molecular formula is C29H30F3N5O4. The van der Waals surface area contributed by atoms with E-state index in [1.54, 1.807) is 48.2 Å². The molecule has 0 aliphatic carbocycles. The van der Waals surface area contributed by atoms with E-state index >= 15 is 0 Å². The summed E-state index contributed by atoms with van der Waals surface area (Å²) in [4.78, 5) is 31.1. The molecule has 2 aliphatic rings. The van der Waals surface area contributed by atoms with Gasteiger partial charge in [0.2, 0.25) is 5.91 Å². The van der Waals surface area contributed by atoms with Crippen LogP contribution < -0.4 is 20.6 Å². The molecule has 41 heavy (non-hydrogen) atoms. The van der Waals surface area contributed by atoms with Gasteiger partial charge >= 0.3 is 6.18 Å². The molecule has 9 nitrogen and oxygen atoms in total. The minimum atomic E-state index is -4.53. The summed E-state index contributed by atoms with van der Waals surface area (Å²) < 4.78 is 50.1. The highest BCUT2D eigenvalue weighted by Crippen LogP contribution is 2.39. The van der Waals surface area contributed by atoms with Gasteiger partial charge in [0.15, 0.2) is 5.69 Å². The van der Waals surface area contributed by atoms with E-state index in [4.69, 9.17) is 20.2 Å². The second-order valence-electron chi connectivity index (χ2n) is 10.0. The predicted octanol–water partition coefficient (Wildman–Crippen LogP) is 4.84. The molecule has 1 aromatic heterocycles. The highest BCUT2D eigenvalue weighted by Gasteiger charge is 2.36. The molecule has 3 heterocycles. The average Bonchev–Trinajstić information content (AvgIpc) is 3.37. The molecule has 5 rings (SSSR count). The Hall–Kier alpha value is -4.48. The number of nitrogens with zero attached hydrogens (tertiary/aromatic N) is 3. The fraction of sp³-hybridized carbons (Fsp3) is 0.345. The summed E-state index contributed by atoms with van der Waals surface area (Å²) in [6, 6.07) is 14.4. The molecule has 0 bridgehead atoms. The highest BCUT2D eigenvalue weighted by atomic mass is 19.4. The number of allylic oxidation sites excluding steroid dienone is 1. The fourth-order valence-corrected chi connectivity index (χ4v) is 5.44. The molecule has 2 amide bonds. The van der Waals surface area contributed by atoms with Crippen molar-refractivity contribution in [1.29, 1.82) is 0 Å². The molecule has 3 N–H and O–H groups in total. The van der Waals surface area contributed by atoms with Gasteiger partial charge in [0, 0.05) is 43.3 Å². The van der Waals surface area contributed by atoms with Crippen molar-refractivity contribution in [3.8, 4) is 28.5 Å². The Kier molecular flexibility index (Phi) is 7.91. The number of nitrogens with one attached hydrogen (secondary N) is 1. The van der Waals surface area contributed by atoms with Gasteiger partial charge in [-0.3, -0.25) is 9.59 Å². The number of fused-ring (bicyclic) bond motifs is 1. The maximum absolute atomic E-state index is 12.6. The third kappa shape index (κ3) is 6.31. The first-order chi connectivity index (χ1) is 19.6. The van der Waals surface area contributed by atoms with E-state index in [0.717, 1.165) is 12.2 Å². The lowest BCUT2D eigenvalue weighted by molar-refractivity contribution is -0.128. The lowest BCUT2D eigenvalue weighted by atomic mass is 9.81. The molecule has 1 atom stereocenters. The summed E-state index contributed by atoms with van der Waals surface area (Å²) in [6.07, 6.45) is -1.99. The first-order valence-electron chi connectivity index (χ1n) is 13.3. The van der Waals surface area contributed by atoms with Crippen LogP contribution in [-0.2, 0) is 4.79 Å². The Bertz CT molecular complexity index is 1430. The van der Waals surface area contributed by atoms with Crippen molar-refractivity contribution in [2.24, 2.45) is 11.7 Å². The van der Waals surface area contributed by atoms with Gasteiger partial charge in [-0.15, -0.1) is 0 Å². The Morgan fingerprint density at radius 2 is 1.61 bits per heavy atom. The predicted molar refractivity (Wildman–Crippen MR) is 145 cm³/mol. The summed E-state index contributed by atoms with van der Waals surface area (Å²) >= 11 is 0. The van der Waals surface area contributed by atoms with E-state index in [-0.39, 0.29) is 23.6 Å². The number of primary amides is 1. The molecule has 1 fully saturated rings. The van der Waals surface area contributed by atoms with Gasteiger partial charge in [-0.05, 0) is 73.7 Å². The van der Waals surface area contributed by atoms with Crippen molar-refractivity contribution in [3.63, 3.8) is 0 Å². The van der Waals surface area contributed by atoms with E-state index < -0.39 is 18.0 Å². The summed E-state index contributed by atoms with van der Waals surface area (Å²) in [5.74, 6) is 1.51. The van der Waals surface area contributed by atoms with Crippen molar-refractivity contribution < 1.29 is 32.2 Å². The summed E-state index contributed by atoms with van der Waals surface area (Å²) in [5.41, 5.74) is 10.4. The van der Waals surface area contributed by atoms with Crippen LogP contribution in [0.3, 0.4) is 0 Å². The number of carbonyl (C=O) groups excluding carboxylic acids is 2. The number of carbonyl (C=O) groups is 2. The molecule has 0 spiro atoms. The van der Waals surface area contributed by atoms with Gasteiger partial charge in [-0.2, -0.15) is 13.2 Å². The number of rotatable bonds is 7. The van der Waals surface area contributed by atoms with Crippen LogP contribution in [0.25, 0.3) is 11.3 Å². The normalized spacial score (nSPS) is 17.7. The number of methoxy groups -OCH3 is 1. The standard InChI is InChI=1S/C29H30F3N5O4/c1-40-20-6-8-22(9-7-20)41-21-4-2-19(3-5-21)25-26(27(33)39)37-28(35-25)23(11-15-34-37)18-12-16-36(17-13-18)24(38)10-14-29(30,31)32/h2-10,14,18,23,34H,11-13,15-17H2,1H3,(H2,33,39). The summed E-state index contributed by atoms with van der Waals surface area (Å²) in [7, 11) is 1.59. The Morgan fingerprint density at radius 1 is 1.00 bits per heavy atom. The largest absolute Gasteiger partial charge is 0.497 e. The summed E-state index contributed by atoms with van der Waals surface area (Å²) in [6.45, 7) is 1.29. The van der Waals surface area contributed by atoms with E-state index in [1.807, 2.05) is 12.1 Å². The third-order valence-corrected chi connectivity index (χ3v) is 7.45. The number of imidazole rings is 1. The molecule has 1 saturated heterocycles. The fourth-order valence-electron chi connectivity index (χ4n) is 5.44. The van der Waals surface area contributed by atoms with Gasteiger partial charge in [-0.25, -0.2) is 9.66 Å². The van der Waals surface area contributed by atoms with Crippen LogP contribution in [0.1, 0.15) is 41.5 Å². The molecule has 0 radical (unpaired) electrons. The number of hydrogen-bond donors (Lipinski definition) is 2. The number of hydrogen-bond acceptors (Lipinski definition) is 6. The highest BCUT2D eigenvalue weighted by molar-refractivity contribution is 5.97. The van der Waals surface area contributed by atoms with Crippen molar-refractivity contribution in [2.45, 2.75) is 31.4 Å². The number of benzene rings is 2. The molecule has 0 saturated carbocycles. The molecule has 2 aliphatic heterocycles. The minimum absolute atomic E-state index is 0.0104. The Labute approximate surface area is 234 Å². The van der Waals surface area contributed by atoms with Crippen molar-refractivity contribution >= 4 is 11.8 Å². The first-order valence-corrected chi connectivity index (χ1v) is 13.3. The Balaban J connectivity index is 1.33. The zero-order chi connectivity index (χ0) is 29.1. The van der Waals surface area contributed by atoms with E-state index in [0.29, 0.717) is 67.1 Å². The molecule has 1 unspecified atom stereocenters. The number of aromatic nitrogens is 2. The van der Waals surface area contributed by atoms with Crippen LogP contribution in [0, 0.1) is 5.92 Å². The second-order valence-corrected chi connectivity index (χ2v) is 10.0. The number of amides is 2. The first kappa shape index (κ1) is 28.1. The van der Waals surface area contributed by atoms with Crippen molar-refractivity contribution in [1.82, 2.24) is 14.6 Å². The van der Waals surface area contributed by atoms with Crippen molar-refractivity contribution in [2.75, 3.05) is 32.2 Å². The minimum Gasteiger partial charge on any atom is -0.497 e. The lowest BCUT2D eigenvalue weighted by Gasteiger charge is -2.37. The number of piperidine rings is 1. The summed E-state index contributed by atoms with van der Waals surface area (Å²) in [5, 5.41) is 0. The second kappa shape index (κ2) is 11.6. The third-order valence-electron chi connectivity index (χ3n) is 7.45. The lowest BCUT2D eigenvalue weighted by Crippen LogP contribution is -2.41. The SMILES string of the molecule is COc1ccc(Oc2ccc(-c3nc4n(c3C(N)=O)NCCC4C3CCN(C(=O)C=CC(F)(F)F)CC3)cc2)cc1. The van der Waals surface area contributed by atoms with Gasteiger partial charge < -0.3 is 25.5 Å². The number of likely N-dealkylation sites (tertiary alicyclic amines) is 1. The van der Waals surface area contributed by atoms with Crippen LogP contribution in [0.2, 0.25) is 0 Å². The zero-order valence-electron chi connectivity index (χ0n) is 22.4. The topological polar surface area (TPSA) is 112 Å². The number of alkyl halides is 3. The van der Waals surface area contributed by atoms with Gasteiger partial charge in [0.05, 0.1) is 7.11 Å². The van der Waals surface area contributed by atoms with Crippen LogP contribution in [0.5, 0.6) is 17.2 Å². The number of nitrogens with two attached hydrogens (primary N) is 1. The van der Waals surface area contributed by atoms with Crippen LogP contribution in [-0.4, -0.2) is 59.3 Å². The smallest absolute Gasteiger partial charge is 0.409 e. The monoisotopic (exact) mass is 569 g/mol.